The van der Waals surface area contributed by atoms with Crippen molar-refractivity contribution in [3.63, 3.8) is 0 Å². The molecule has 0 spiro atoms. The molecule has 0 unspecified atom stereocenters. The quantitative estimate of drug-likeness (QED) is 0.477. The number of thioether (sulfide) groups is 1. The summed E-state index contributed by atoms with van der Waals surface area (Å²) in [5.41, 5.74) is 3.64. The lowest BCUT2D eigenvalue weighted by molar-refractivity contribution is 0.102. The van der Waals surface area contributed by atoms with E-state index in [1.807, 2.05) is 83.2 Å². The molecule has 0 bridgehead atoms. The van der Waals surface area contributed by atoms with E-state index in [-0.39, 0.29) is 5.91 Å². The fourth-order valence-corrected chi connectivity index (χ4v) is 4.67. The van der Waals surface area contributed by atoms with Crippen LogP contribution in [0, 0.1) is 0 Å². The van der Waals surface area contributed by atoms with Crippen LogP contribution >= 0.6 is 23.4 Å². The SMILES string of the molecule is O=C(Nc1c2c(nn1-c1ccc(Cl)cc1)CSC2)c1cccc2ccccc12. The zero-order chi connectivity index (χ0) is 19.1. The molecular weight excluding hydrogens is 390 g/mol. The lowest BCUT2D eigenvalue weighted by Crippen LogP contribution is -2.16. The fraction of sp³-hybridized carbons (Fsp3) is 0.0909. The molecule has 5 rings (SSSR count). The molecule has 1 amide bonds. The zero-order valence-corrected chi connectivity index (χ0v) is 16.4. The van der Waals surface area contributed by atoms with Gasteiger partial charge in [0, 0.05) is 27.7 Å². The normalized spacial score (nSPS) is 12.9. The topological polar surface area (TPSA) is 46.9 Å². The third kappa shape index (κ3) is 2.97. The molecule has 2 heterocycles. The number of fused-ring (bicyclic) bond motifs is 2. The van der Waals surface area contributed by atoms with E-state index in [4.69, 9.17) is 16.7 Å². The van der Waals surface area contributed by atoms with Gasteiger partial charge in [0.15, 0.2) is 0 Å². The van der Waals surface area contributed by atoms with Gasteiger partial charge in [-0.05, 0) is 41.1 Å². The summed E-state index contributed by atoms with van der Waals surface area (Å²) in [7, 11) is 0. The first-order valence-electron chi connectivity index (χ1n) is 8.94. The summed E-state index contributed by atoms with van der Waals surface area (Å²) >= 11 is 7.84. The summed E-state index contributed by atoms with van der Waals surface area (Å²) < 4.78 is 1.81. The van der Waals surface area contributed by atoms with E-state index in [0.29, 0.717) is 10.6 Å². The number of anilines is 1. The van der Waals surface area contributed by atoms with Crippen LogP contribution < -0.4 is 5.32 Å². The Labute approximate surface area is 171 Å². The first-order chi connectivity index (χ1) is 13.7. The van der Waals surface area contributed by atoms with Crippen LogP contribution in [0.4, 0.5) is 5.82 Å². The van der Waals surface area contributed by atoms with Crippen LogP contribution in [-0.2, 0) is 11.5 Å². The average molecular weight is 406 g/mol. The van der Waals surface area contributed by atoms with Crippen molar-refractivity contribution < 1.29 is 4.79 Å². The summed E-state index contributed by atoms with van der Waals surface area (Å²) in [6, 6.07) is 21.2. The van der Waals surface area contributed by atoms with Gasteiger partial charge >= 0.3 is 0 Å². The van der Waals surface area contributed by atoms with Crippen molar-refractivity contribution in [3.8, 4) is 5.69 Å². The van der Waals surface area contributed by atoms with Gasteiger partial charge in [0.05, 0.1) is 11.4 Å². The number of amides is 1. The predicted octanol–water partition coefficient (Wildman–Crippen LogP) is 5.68. The van der Waals surface area contributed by atoms with E-state index >= 15 is 0 Å². The van der Waals surface area contributed by atoms with Crippen molar-refractivity contribution in [3.05, 3.63) is 88.6 Å². The second kappa shape index (κ2) is 7.00. The minimum Gasteiger partial charge on any atom is -0.306 e. The number of halogens is 1. The van der Waals surface area contributed by atoms with Gasteiger partial charge in [0.25, 0.3) is 5.91 Å². The number of nitrogens with one attached hydrogen (secondary N) is 1. The minimum absolute atomic E-state index is 0.133. The number of carbonyl (C=O) groups excluding carboxylic acids is 1. The summed E-state index contributed by atoms with van der Waals surface area (Å²) in [5, 5.41) is 10.5. The lowest BCUT2D eigenvalue weighted by atomic mass is 10.0. The van der Waals surface area contributed by atoms with Gasteiger partial charge in [0.2, 0.25) is 0 Å². The summed E-state index contributed by atoms with van der Waals surface area (Å²) in [6.45, 7) is 0. The maximum absolute atomic E-state index is 13.2. The molecule has 0 aliphatic carbocycles. The molecule has 1 N–H and O–H groups in total. The third-order valence-electron chi connectivity index (χ3n) is 4.89. The highest BCUT2D eigenvalue weighted by Crippen LogP contribution is 2.36. The van der Waals surface area contributed by atoms with Gasteiger partial charge in [-0.3, -0.25) is 4.79 Å². The highest BCUT2D eigenvalue weighted by molar-refractivity contribution is 7.98. The fourth-order valence-electron chi connectivity index (χ4n) is 3.51. The zero-order valence-electron chi connectivity index (χ0n) is 14.9. The van der Waals surface area contributed by atoms with E-state index in [0.717, 1.165) is 45.0 Å². The van der Waals surface area contributed by atoms with Crippen LogP contribution in [0.3, 0.4) is 0 Å². The van der Waals surface area contributed by atoms with Crippen molar-refractivity contribution in [2.45, 2.75) is 11.5 Å². The van der Waals surface area contributed by atoms with E-state index in [1.165, 1.54) is 0 Å². The predicted molar refractivity (Wildman–Crippen MR) is 115 cm³/mol. The van der Waals surface area contributed by atoms with Crippen LogP contribution in [0.25, 0.3) is 16.5 Å². The first kappa shape index (κ1) is 17.3. The highest BCUT2D eigenvalue weighted by atomic mass is 35.5. The Morgan fingerprint density at radius 3 is 2.64 bits per heavy atom. The summed E-state index contributed by atoms with van der Waals surface area (Å²) in [6.07, 6.45) is 0. The molecule has 1 aliphatic heterocycles. The minimum atomic E-state index is -0.133. The lowest BCUT2D eigenvalue weighted by Gasteiger charge is -2.12. The molecule has 1 aliphatic rings. The van der Waals surface area contributed by atoms with Gasteiger partial charge in [-0.15, -0.1) is 0 Å². The van der Waals surface area contributed by atoms with Crippen molar-refractivity contribution in [1.82, 2.24) is 9.78 Å². The molecule has 4 aromatic rings. The largest absolute Gasteiger partial charge is 0.306 e. The third-order valence-corrected chi connectivity index (χ3v) is 6.11. The average Bonchev–Trinajstić information content (AvgIpc) is 3.31. The molecule has 0 saturated heterocycles. The standard InChI is InChI=1S/C22H16ClN3OS/c23-15-8-10-16(11-9-15)26-21(19-12-28-13-20(19)25-26)24-22(27)18-7-3-5-14-4-1-2-6-17(14)18/h1-11H,12-13H2,(H,24,27). The van der Waals surface area contributed by atoms with Crippen LogP contribution in [-0.4, -0.2) is 15.7 Å². The second-order valence-electron chi connectivity index (χ2n) is 6.64. The van der Waals surface area contributed by atoms with Gasteiger partial charge in [-0.25, -0.2) is 4.68 Å². The van der Waals surface area contributed by atoms with Crippen LogP contribution in [0.2, 0.25) is 5.02 Å². The van der Waals surface area contributed by atoms with Gasteiger partial charge in [-0.2, -0.15) is 16.9 Å². The summed E-state index contributed by atoms with van der Waals surface area (Å²) in [4.78, 5) is 13.2. The van der Waals surface area contributed by atoms with Crippen molar-refractivity contribution in [2.75, 3.05) is 5.32 Å². The molecule has 0 saturated carbocycles. The molecule has 3 aromatic carbocycles. The number of benzene rings is 3. The van der Waals surface area contributed by atoms with Crippen LogP contribution in [0.15, 0.2) is 66.7 Å². The molecule has 0 radical (unpaired) electrons. The van der Waals surface area contributed by atoms with Gasteiger partial charge < -0.3 is 5.32 Å². The maximum atomic E-state index is 13.2. The highest BCUT2D eigenvalue weighted by Gasteiger charge is 2.25. The van der Waals surface area contributed by atoms with E-state index in [9.17, 15) is 4.79 Å². The Hall–Kier alpha value is -2.76. The monoisotopic (exact) mass is 405 g/mol. The summed E-state index contributed by atoms with van der Waals surface area (Å²) in [5.74, 6) is 2.30. The Bertz CT molecular complexity index is 1200. The van der Waals surface area contributed by atoms with Gasteiger partial charge in [0.1, 0.15) is 5.82 Å². The molecule has 1 aromatic heterocycles. The second-order valence-corrected chi connectivity index (χ2v) is 8.06. The smallest absolute Gasteiger partial charge is 0.257 e. The number of nitrogens with zero attached hydrogens (tertiary/aromatic N) is 2. The van der Waals surface area contributed by atoms with Crippen molar-refractivity contribution >= 4 is 45.9 Å². The molecule has 6 heteroatoms. The number of aromatic nitrogens is 2. The molecule has 0 atom stereocenters. The van der Waals surface area contributed by atoms with E-state index in [1.54, 1.807) is 0 Å². The number of carbonyl (C=O) groups is 1. The molecule has 4 nitrogen and oxygen atoms in total. The van der Waals surface area contributed by atoms with Crippen molar-refractivity contribution in [2.24, 2.45) is 0 Å². The Morgan fingerprint density at radius 2 is 1.79 bits per heavy atom. The first-order valence-corrected chi connectivity index (χ1v) is 10.5. The van der Waals surface area contributed by atoms with E-state index in [2.05, 4.69) is 5.32 Å². The Morgan fingerprint density at radius 1 is 1.00 bits per heavy atom. The molecular formula is C22H16ClN3OS. The number of rotatable bonds is 3. The van der Waals surface area contributed by atoms with Crippen LogP contribution in [0.1, 0.15) is 21.6 Å². The molecule has 0 fully saturated rings. The molecule has 138 valence electrons. The van der Waals surface area contributed by atoms with E-state index < -0.39 is 0 Å². The molecule has 28 heavy (non-hydrogen) atoms. The van der Waals surface area contributed by atoms with Gasteiger partial charge in [-0.1, -0.05) is 48.0 Å². The number of hydrogen-bond acceptors (Lipinski definition) is 3. The number of hydrogen-bond donors (Lipinski definition) is 1. The Kier molecular flexibility index (Phi) is 4.34. The maximum Gasteiger partial charge on any atom is 0.257 e. The Balaban J connectivity index is 1.58. The van der Waals surface area contributed by atoms with Crippen molar-refractivity contribution in [1.29, 1.82) is 0 Å². The van der Waals surface area contributed by atoms with Crippen LogP contribution in [0.5, 0.6) is 0 Å².